The highest BCUT2D eigenvalue weighted by Crippen LogP contribution is 2.23. The van der Waals surface area contributed by atoms with E-state index in [-0.39, 0.29) is 5.78 Å². The molecule has 0 aliphatic heterocycles. The molecule has 0 radical (unpaired) electrons. The smallest absolute Gasteiger partial charge is 0.195 e. The molecule has 0 saturated carbocycles. The van der Waals surface area contributed by atoms with Crippen LogP contribution in [0.3, 0.4) is 0 Å². The number of carbonyl (C=O) groups is 1. The van der Waals surface area contributed by atoms with E-state index in [1.165, 1.54) is 0 Å². The summed E-state index contributed by atoms with van der Waals surface area (Å²) in [5, 5.41) is 3.65. The van der Waals surface area contributed by atoms with Crippen molar-refractivity contribution < 1.29 is 4.79 Å². The maximum Gasteiger partial charge on any atom is 0.195 e. The standard InChI is InChI=1S/C20H14N4O/c21-24-23-18-12-6-4-10-16(18)14-22-19-13-7-5-11-17(19)20(25)15-8-2-1-3-9-15/h1-14H. The summed E-state index contributed by atoms with van der Waals surface area (Å²) >= 11 is 0. The van der Waals surface area contributed by atoms with E-state index < -0.39 is 0 Å². The first-order valence-corrected chi connectivity index (χ1v) is 7.66. The predicted molar refractivity (Wildman–Crippen MR) is 98.8 cm³/mol. The van der Waals surface area contributed by atoms with E-state index in [1.54, 1.807) is 48.7 Å². The lowest BCUT2D eigenvalue weighted by Gasteiger charge is -2.05. The second kappa shape index (κ2) is 7.73. The third-order valence-electron chi connectivity index (χ3n) is 3.62. The van der Waals surface area contributed by atoms with E-state index in [9.17, 15) is 4.79 Å². The molecule has 3 rings (SSSR count). The van der Waals surface area contributed by atoms with Gasteiger partial charge in [-0.1, -0.05) is 71.8 Å². The summed E-state index contributed by atoms with van der Waals surface area (Å²) in [7, 11) is 0. The van der Waals surface area contributed by atoms with Crippen LogP contribution in [0.25, 0.3) is 10.4 Å². The Labute approximate surface area is 144 Å². The second-order valence-electron chi connectivity index (χ2n) is 5.22. The number of aliphatic imine (C=N–C) groups is 1. The zero-order valence-corrected chi connectivity index (χ0v) is 13.3. The third kappa shape index (κ3) is 3.80. The molecule has 0 amide bonds. The van der Waals surface area contributed by atoms with E-state index in [4.69, 9.17) is 5.53 Å². The minimum Gasteiger partial charge on any atom is -0.289 e. The number of azide groups is 1. The molecule has 0 bridgehead atoms. The third-order valence-corrected chi connectivity index (χ3v) is 3.62. The summed E-state index contributed by atoms with van der Waals surface area (Å²) in [4.78, 5) is 20.0. The molecule has 0 heterocycles. The van der Waals surface area contributed by atoms with Crippen molar-refractivity contribution in [3.63, 3.8) is 0 Å². The molecule has 25 heavy (non-hydrogen) atoms. The topological polar surface area (TPSA) is 78.2 Å². The molecule has 0 aliphatic carbocycles. The normalized spacial score (nSPS) is 10.4. The van der Waals surface area contributed by atoms with Gasteiger partial charge < -0.3 is 0 Å². The SMILES string of the molecule is [N-]=[N+]=Nc1ccccc1C=Nc1ccccc1C(=O)c1ccccc1. The van der Waals surface area contributed by atoms with E-state index in [1.807, 2.05) is 36.4 Å². The van der Waals surface area contributed by atoms with Gasteiger partial charge in [-0.2, -0.15) is 0 Å². The molecule has 5 heteroatoms. The van der Waals surface area contributed by atoms with Crippen LogP contribution in [0, 0.1) is 0 Å². The fourth-order valence-electron chi connectivity index (χ4n) is 2.40. The molecule has 0 N–H and O–H groups in total. The summed E-state index contributed by atoms with van der Waals surface area (Å²) < 4.78 is 0. The molecule has 0 aromatic heterocycles. The van der Waals surface area contributed by atoms with Crippen molar-refractivity contribution in [3.8, 4) is 0 Å². The van der Waals surface area contributed by atoms with Gasteiger partial charge in [-0.3, -0.25) is 9.79 Å². The first-order valence-electron chi connectivity index (χ1n) is 7.66. The molecule has 0 unspecified atom stereocenters. The van der Waals surface area contributed by atoms with E-state index >= 15 is 0 Å². The highest BCUT2D eigenvalue weighted by molar-refractivity contribution is 6.12. The number of para-hydroxylation sites is 1. The van der Waals surface area contributed by atoms with Gasteiger partial charge in [-0.25, -0.2) is 0 Å². The van der Waals surface area contributed by atoms with Gasteiger partial charge in [0.25, 0.3) is 0 Å². The van der Waals surface area contributed by atoms with Crippen molar-refractivity contribution in [3.05, 3.63) is 106 Å². The molecule has 0 spiro atoms. The van der Waals surface area contributed by atoms with Crippen molar-refractivity contribution >= 4 is 23.4 Å². The molecule has 0 saturated heterocycles. The fraction of sp³-hybridized carbons (Fsp3) is 0. The Bertz CT molecular complexity index is 974. The van der Waals surface area contributed by atoms with E-state index in [0.29, 0.717) is 28.1 Å². The predicted octanol–water partition coefficient (Wildman–Crippen LogP) is 5.61. The van der Waals surface area contributed by atoms with E-state index in [0.717, 1.165) is 0 Å². The van der Waals surface area contributed by atoms with Crippen molar-refractivity contribution in [1.82, 2.24) is 0 Å². The van der Waals surface area contributed by atoms with Gasteiger partial charge in [0.1, 0.15) is 0 Å². The van der Waals surface area contributed by atoms with Gasteiger partial charge in [-0.05, 0) is 17.7 Å². The van der Waals surface area contributed by atoms with Crippen LogP contribution in [0.2, 0.25) is 0 Å². The second-order valence-corrected chi connectivity index (χ2v) is 5.22. The van der Waals surface area contributed by atoms with Crippen LogP contribution >= 0.6 is 0 Å². The van der Waals surface area contributed by atoms with Crippen molar-refractivity contribution in [2.24, 2.45) is 10.1 Å². The highest BCUT2D eigenvalue weighted by Gasteiger charge is 2.12. The van der Waals surface area contributed by atoms with Crippen molar-refractivity contribution in [2.45, 2.75) is 0 Å². The van der Waals surface area contributed by atoms with Crippen LogP contribution in [0.4, 0.5) is 11.4 Å². The first-order chi connectivity index (χ1) is 12.3. The molecule has 5 nitrogen and oxygen atoms in total. The van der Waals surface area contributed by atoms with Crippen LogP contribution in [0.15, 0.2) is 89.0 Å². The Morgan fingerprint density at radius 3 is 2.24 bits per heavy atom. The average Bonchev–Trinajstić information content (AvgIpc) is 2.68. The fourth-order valence-corrected chi connectivity index (χ4v) is 2.40. The Hall–Kier alpha value is -3.69. The lowest BCUT2D eigenvalue weighted by Crippen LogP contribution is -2.01. The minimum absolute atomic E-state index is 0.0864. The number of benzene rings is 3. The molecule has 120 valence electrons. The zero-order valence-electron chi connectivity index (χ0n) is 13.3. The highest BCUT2D eigenvalue weighted by atomic mass is 16.1. The van der Waals surface area contributed by atoms with Crippen LogP contribution in [0.1, 0.15) is 21.5 Å². The van der Waals surface area contributed by atoms with Gasteiger partial charge in [0.2, 0.25) is 0 Å². The maximum absolute atomic E-state index is 12.7. The number of ketones is 1. The Morgan fingerprint density at radius 2 is 1.48 bits per heavy atom. The molecule has 0 aliphatic rings. The van der Waals surface area contributed by atoms with Crippen molar-refractivity contribution in [2.75, 3.05) is 0 Å². The van der Waals surface area contributed by atoms with Gasteiger partial charge in [0.05, 0.1) is 5.69 Å². The van der Waals surface area contributed by atoms with Crippen LogP contribution in [-0.2, 0) is 0 Å². The Balaban J connectivity index is 1.97. The minimum atomic E-state index is -0.0864. The molecule has 3 aromatic rings. The zero-order chi connectivity index (χ0) is 17.5. The molecule has 0 fully saturated rings. The summed E-state index contributed by atoms with van der Waals surface area (Å²) in [5.41, 5.74) is 11.5. The number of rotatable bonds is 5. The molecular formula is C20H14N4O. The van der Waals surface area contributed by atoms with Gasteiger partial charge in [0.15, 0.2) is 5.78 Å². The lowest BCUT2D eigenvalue weighted by atomic mass is 10.0. The number of nitrogens with zero attached hydrogens (tertiary/aromatic N) is 4. The number of hydrogen-bond acceptors (Lipinski definition) is 3. The lowest BCUT2D eigenvalue weighted by molar-refractivity contribution is 0.103. The van der Waals surface area contributed by atoms with Crippen LogP contribution in [-0.4, -0.2) is 12.0 Å². The molecule has 0 atom stereocenters. The van der Waals surface area contributed by atoms with Gasteiger partial charge >= 0.3 is 0 Å². The quantitative estimate of drug-likeness (QED) is 0.197. The van der Waals surface area contributed by atoms with Crippen LogP contribution in [0.5, 0.6) is 0 Å². The molecular weight excluding hydrogens is 312 g/mol. The summed E-state index contributed by atoms with van der Waals surface area (Å²) in [6, 6.07) is 23.4. The average molecular weight is 326 g/mol. The largest absolute Gasteiger partial charge is 0.289 e. The summed E-state index contributed by atoms with van der Waals surface area (Å²) in [5.74, 6) is -0.0864. The molecule has 3 aromatic carbocycles. The van der Waals surface area contributed by atoms with Gasteiger partial charge in [0, 0.05) is 33.5 Å². The number of carbonyl (C=O) groups excluding carboxylic acids is 1. The Kier molecular flexibility index (Phi) is 5.00. The Morgan fingerprint density at radius 1 is 0.840 bits per heavy atom. The van der Waals surface area contributed by atoms with E-state index in [2.05, 4.69) is 15.0 Å². The maximum atomic E-state index is 12.7. The van der Waals surface area contributed by atoms with Crippen LogP contribution < -0.4 is 0 Å². The number of hydrogen-bond donors (Lipinski definition) is 0. The van der Waals surface area contributed by atoms with Crippen molar-refractivity contribution in [1.29, 1.82) is 0 Å². The monoisotopic (exact) mass is 326 g/mol. The first kappa shape index (κ1) is 16.2. The van der Waals surface area contributed by atoms with Gasteiger partial charge in [-0.15, -0.1) is 0 Å². The summed E-state index contributed by atoms with van der Waals surface area (Å²) in [6.45, 7) is 0. The summed E-state index contributed by atoms with van der Waals surface area (Å²) in [6.07, 6.45) is 1.60.